The van der Waals surface area contributed by atoms with E-state index in [1.807, 2.05) is 0 Å². The molecule has 2 heteroatoms. The van der Waals surface area contributed by atoms with E-state index < -0.39 is 0 Å². The highest BCUT2D eigenvalue weighted by atomic mass is 16.5. The van der Waals surface area contributed by atoms with Crippen molar-refractivity contribution in [2.75, 3.05) is 0 Å². The van der Waals surface area contributed by atoms with Gasteiger partial charge in [-0.3, -0.25) is 0 Å². The smallest absolute Gasteiger partial charge is 0.0646 e. The average molecular weight is 252 g/mol. The van der Waals surface area contributed by atoms with Crippen LogP contribution in [0.1, 0.15) is 58.8 Å². The Bertz CT molecular complexity index is 289. The van der Waals surface area contributed by atoms with Crippen molar-refractivity contribution in [1.29, 1.82) is 0 Å². The number of aliphatic hydroxyl groups is 1. The summed E-state index contributed by atoms with van der Waals surface area (Å²) in [5.74, 6) is 2.41. The van der Waals surface area contributed by atoms with Gasteiger partial charge in [0, 0.05) is 11.8 Å². The molecule has 5 unspecified atom stereocenters. The summed E-state index contributed by atoms with van der Waals surface area (Å²) in [6, 6.07) is 0. The molecule has 0 spiro atoms. The van der Waals surface area contributed by atoms with Crippen LogP contribution in [-0.4, -0.2) is 23.4 Å². The lowest BCUT2D eigenvalue weighted by atomic mass is 9.66. The van der Waals surface area contributed by atoms with E-state index in [0.717, 1.165) is 11.8 Å². The van der Waals surface area contributed by atoms with Crippen LogP contribution in [0.4, 0.5) is 0 Å². The Morgan fingerprint density at radius 1 is 0.944 bits per heavy atom. The van der Waals surface area contributed by atoms with Gasteiger partial charge >= 0.3 is 0 Å². The fourth-order valence-corrected chi connectivity index (χ4v) is 4.57. The lowest BCUT2D eigenvalue weighted by molar-refractivity contribution is -0.200. The van der Waals surface area contributed by atoms with Gasteiger partial charge in [0.25, 0.3) is 0 Å². The van der Waals surface area contributed by atoms with E-state index in [-0.39, 0.29) is 6.10 Å². The molecule has 3 fully saturated rings. The SMILES string of the molecule is CC(C)[C@H]1CCC2OC3CCCCC3C(O)C2C1. The van der Waals surface area contributed by atoms with Crippen LogP contribution in [0.25, 0.3) is 0 Å². The summed E-state index contributed by atoms with van der Waals surface area (Å²) < 4.78 is 6.33. The fourth-order valence-electron chi connectivity index (χ4n) is 4.57. The van der Waals surface area contributed by atoms with E-state index in [4.69, 9.17) is 4.74 Å². The topological polar surface area (TPSA) is 29.5 Å². The fraction of sp³-hybridized carbons (Fsp3) is 1.00. The second-order valence-electron chi connectivity index (χ2n) is 7.13. The number of hydrogen-bond acceptors (Lipinski definition) is 2. The first kappa shape index (κ1) is 12.9. The maximum atomic E-state index is 10.7. The molecule has 1 N–H and O–H groups in total. The Morgan fingerprint density at radius 3 is 2.44 bits per heavy atom. The molecule has 2 nitrogen and oxygen atoms in total. The molecule has 0 aromatic heterocycles. The molecule has 3 rings (SSSR count). The van der Waals surface area contributed by atoms with E-state index >= 15 is 0 Å². The van der Waals surface area contributed by atoms with Crippen LogP contribution in [0.5, 0.6) is 0 Å². The van der Waals surface area contributed by atoms with Crippen molar-refractivity contribution in [3.63, 3.8) is 0 Å². The summed E-state index contributed by atoms with van der Waals surface area (Å²) in [4.78, 5) is 0. The number of ether oxygens (including phenoxy) is 1. The second-order valence-corrected chi connectivity index (χ2v) is 7.13. The zero-order valence-corrected chi connectivity index (χ0v) is 11.8. The quantitative estimate of drug-likeness (QED) is 0.775. The highest BCUT2D eigenvalue weighted by molar-refractivity contribution is 4.96. The number of fused-ring (bicyclic) bond motifs is 2. The Kier molecular flexibility index (Phi) is 3.68. The van der Waals surface area contributed by atoms with Gasteiger partial charge in [-0.25, -0.2) is 0 Å². The molecule has 0 radical (unpaired) electrons. The predicted octanol–water partition coefficient (Wildman–Crippen LogP) is 3.38. The molecule has 1 aliphatic heterocycles. The normalized spacial score (nSPS) is 48.7. The zero-order chi connectivity index (χ0) is 12.7. The van der Waals surface area contributed by atoms with E-state index in [0.29, 0.717) is 24.0 Å². The molecule has 2 aliphatic carbocycles. The third-order valence-corrected chi connectivity index (χ3v) is 5.80. The standard InChI is InChI=1S/C16H28O2/c1-10(2)11-7-8-15-13(9-11)16(17)12-5-3-4-6-14(12)18-15/h10-17H,3-9H2,1-2H3/t11-,12?,13?,14?,15?,16?/m0/s1. The maximum Gasteiger partial charge on any atom is 0.0646 e. The molecule has 6 atom stereocenters. The summed E-state index contributed by atoms with van der Waals surface area (Å²) in [6.07, 6.45) is 9.23. The van der Waals surface area contributed by atoms with Crippen molar-refractivity contribution < 1.29 is 9.84 Å². The number of rotatable bonds is 1. The summed E-state index contributed by atoms with van der Waals surface area (Å²) in [7, 11) is 0. The van der Waals surface area contributed by atoms with Crippen molar-refractivity contribution >= 4 is 0 Å². The number of hydrogen-bond donors (Lipinski definition) is 1. The summed E-state index contributed by atoms with van der Waals surface area (Å²) in [6.45, 7) is 4.65. The highest BCUT2D eigenvalue weighted by Crippen LogP contribution is 2.46. The first-order valence-electron chi connectivity index (χ1n) is 8.00. The predicted molar refractivity (Wildman–Crippen MR) is 72.3 cm³/mol. The second kappa shape index (κ2) is 5.13. The number of aliphatic hydroxyl groups excluding tert-OH is 1. The van der Waals surface area contributed by atoms with E-state index in [1.165, 1.54) is 44.9 Å². The third kappa shape index (κ3) is 2.22. The third-order valence-electron chi connectivity index (χ3n) is 5.80. The summed E-state index contributed by atoms with van der Waals surface area (Å²) in [5, 5.41) is 10.7. The molecule has 18 heavy (non-hydrogen) atoms. The van der Waals surface area contributed by atoms with Gasteiger partial charge < -0.3 is 9.84 Å². The van der Waals surface area contributed by atoms with Crippen LogP contribution in [0.3, 0.4) is 0 Å². The minimum atomic E-state index is -0.0874. The van der Waals surface area contributed by atoms with E-state index in [9.17, 15) is 5.11 Å². The van der Waals surface area contributed by atoms with Gasteiger partial charge in [-0.05, 0) is 43.9 Å². The molecule has 1 saturated heterocycles. The Labute approximate surface area is 111 Å². The van der Waals surface area contributed by atoms with Crippen molar-refractivity contribution in [2.24, 2.45) is 23.7 Å². The van der Waals surface area contributed by atoms with Gasteiger partial charge in [-0.2, -0.15) is 0 Å². The molecule has 0 bridgehead atoms. The van der Waals surface area contributed by atoms with Gasteiger partial charge in [0.15, 0.2) is 0 Å². The Balaban J connectivity index is 1.72. The first-order chi connectivity index (χ1) is 8.66. The minimum Gasteiger partial charge on any atom is -0.392 e. The average Bonchev–Trinajstić information content (AvgIpc) is 2.38. The maximum absolute atomic E-state index is 10.7. The molecular formula is C16H28O2. The van der Waals surface area contributed by atoms with Crippen LogP contribution in [0, 0.1) is 23.7 Å². The van der Waals surface area contributed by atoms with Gasteiger partial charge in [-0.15, -0.1) is 0 Å². The van der Waals surface area contributed by atoms with Crippen LogP contribution >= 0.6 is 0 Å². The molecule has 3 aliphatic rings. The van der Waals surface area contributed by atoms with E-state index in [2.05, 4.69) is 13.8 Å². The minimum absolute atomic E-state index is 0.0874. The molecule has 0 amide bonds. The van der Waals surface area contributed by atoms with Gasteiger partial charge in [0.05, 0.1) is 18.3 Å². The Hall–Kier alpha value is -0.0800. The molecule has 0 aromatic rings. The van der Waals surface area contributed by atoms with Crippen molar-refractivity contribution in [1.82, 2.24) is 0 Å². The lowest BCUT2D eigenvalue weighted by Crippen LogP contribution is -2.54. The summed E-state index contributed by atoms with van der Waals surface area (Å²) >= 11 is 0. The van der Waals surface area contributed by atoms with Crippen LogP contribution in [0.2, 0.25) is 0 Å². The molecule has 2 saturated carbocycles. The van der Waals surface area contributed by atoms with Crippen molar-refractivity contribution in [2.45, 2.75) is 77.1 Å². The van der Waals surface area contributed by atoms with Gasteiger partial charge in [-0.1, -0.05) is 26.7 Å². The van der Waals surface area contributed by atoms with E-state index in [1.54, 1.807) is 0 Å². The monoisotopic (exact) mass is 252 g/mol. The molecular weight excluding hydrogens is 224 g/mol. The Morgan fingerprint density at radius 2 is 1.67 bits per heavy atom. The van der Waals surface area contributed by atoms with Crippen molar-refractivity contribution in [3.8, 4) is 0 Å². The van der Waals surface area contributed by atoms with Gasteiger partial charge in [0.2, 0.25) is 0 Å². The first-order valence-corrected chi connectivity index (χ1v) is 8.00. The molecule has 0 aromatic carbocycles. The van der Waals surface area contributed by atoms with Crippen LogP contribution in [0.15, 0.2) is 0 Å². The lowest BCUT2D eigenvalue weighted by Gasteiger charge is -2.51. The summed E-state index contributed by atoms with van der Waals surface area (Å²) in [5.41, 5.74) is 0. The molecule has 104 valence electrons. The van der Waals surface area contributed by atoms with Crippen LogP contribution in [-0.2, 0) is 4.74 Å². The molecule has 1 heterocycles. The van der Waals surface area contributed by atoms with Crippen LogP contribution < -0.4 is 0 Å². The van der Waals surface area contributed by atoms with Crippen molar-refractivity contribution in [3.05, 3.63) is 0 Å². The zero-order valence-electron chi connectivity index (χ0n) is 11.8. The highest BCUT2D eigenvalue weighted by Gasteiger charge is 2.47. The van der Waals surface area contributed by atoms with Gasteiger partial charge in [0.1, 0.15) is 0 Å². The largest absolute Gasteiger partial charge is 0.392 e.